The number of carbonyl (C=O) groups is 2. The number of Topliss-reactive ketones (excluding diaryl/α,β-unsaturated/α-hetero) is 1. The normalized spacial score (nSPS) is 20.4. The van der Waals surface area contributed by atoms with Crippen LogP contribution < -0.4 is 14.4 Å². The number of benzene rings is 3. The van der Waals surface area contributed by atoms with Crippen molar-refractivity contribution < 1.29 is 24.2 Å². The smallest absolute Gasteiger partial charge is 0.301 e. The number of ketones is 1. The molecule has 1 fully saturated rings. The molecular formula is C29H24N2O5S. The molecule has 6 rings (SSSR count). The summed E-state index contributed by atoms with van der Waals surface area (Å²) in [5.41, 5.74) is 3.87. The van der Waals surface area contributed by atoms with Crippen molar-refractivity contribution in [2.75, 3.05) is 12.0 Å². The molecule has 37 heavy (non-hydrogen) atoms. The van der Waals surface area contributed by atoms with Crippen molar-refractivity contribution in [3.8, 4) is 11.5 Å². The van der Waals surface area contributed by atoms with E-state index in [1.165, 1.54) is 16.2 Å². The van der Waals surface area contributed by atoms with E-state index < -0.39 is 17.7 Å². The predicted molar refractivity (Wildman–Crippen MR) is 142 cm³/mol. The van der Waals surface area contributed by atoms with Crippen LogP contribution in [0.15, 0.2) is 66.2 Å². The van der Waals surface area contributed by atoms with E-state index in [0.717, 1.165) is 27.1 Å². The van der Waals surface area contributed by atoms with Gasteiger partial charge < -0.3 is 14.6 Å². The van der Waals surface area contributed by atoms with Gasteiger partial charge in [0.1, 0.15) is 23.4 Å². The zero-order valence-electron chi connectivity index (χ0n) is 20.5. The molecule has 4 aromatic rings. The molecule has 1 saturated heterocycles. The molecule has 0 radical (unpaired) electrons. The van der Waals surface area contributed by atoms with E-state index in [1.54, 1.807) is 37.4 Å². The molecule has 0 bridgehead atoms. The third-order valence-corrected chi connectivity index (χ3v) is 7.78. The van der Waals surface area contributed by atoms with Crippen LogP contribution in [0.5, 0.6) is 11.5 Å². The zero-order valence-corrected chi connectivity index (χ0v) is 21.3. The maximum absolute atomic E-state index is 13.5. The Morgan fingerprint density at radius 3 is 2.78 bits per heavy atom. The molecule has 0 aliphatic carbocycles. The highest BCUT2D eigenvalue weighted by atomic mass is 32.1. The summed E-state index contributed by atoms with van der Waals surface area (Å²) in [6.07, 6.45) is 0.743. The summed E-state index contributed by atoms with van der Waals surface area (Å²) in [6, 6.07) is 17.5. The van der Waals surface area contributed by atoms with Crippen molar-refractivity contribution in [2.45, 2.75) is 32.4 Å². The number of aliphatic hydroxyl groups is 1. The van der Waals surface area contributed by atoms with Crippen molar-refractivity contribution >= 4 is 44.1 Å². The molecule has 1 N–H and O–H groups in total. The van der Waals surface area contributed by atoms with E-state index in [0.29, 0.717) is 28.4 Å². The van der Waals surface area contributed by atoms with Crippen molar-refractivity contribution in [1.29, 1.82) is 0 Å². The zero-order chi connectivity index (χ0) is 25.8. The highest BCUT2D eigenvalue weighted by molar-refractivity contribution is 7.22. The Morgan fingerprint density at radius 1 is 1.14 bits per heavy atom. The summed E-state index contributed by atoms with van der Waals surface area (Å²) >= 11 is 1.34. The van der Waals surface area contributed by atoms with Gasteiger partial charge in [-0.1, -0.05) is 29.5 Å². The number of rotatable bonds is 4. The van der Waals surface area contributed by atoms with E-state index in [9.17, 15) is 14.7 Å². The second-order valence-corrected chi connectivity index (χ2v) is 10.4. The average Bonchev–Trinajstić information content (AvgIpc) is 3.55. The molecule has 3 aromatic carbocycles. The van der Waals surface area contributed by atoms with Crippen molar-refractivity contribution in [2.24, 2.45) is 0 Å². The topological polar surface area (TPSA) is 89.0 Å². The maximum Gasteiger partial charge on any atom is 0.301 e. The van der Waals surface area contributed by atoms with Crippen LogP contribution in [0.1, 0.15) is 35.2 Å². The van der Waals surface area contributed by atoms with Crippen LogP contribution in [0, 0.1) is 6.92 Å². The maximum atomic E-state index is 13.5. The molecule has 0 unspecified atom stereocenters. The third-order valence-electron chi connectivity index (χ3n) is 6.76. The van der Waals surface area contributed by atoms with Gasteiger partial charge in [0, 0.05) is 12.0 Å². The Hall–Kier alpha value is -4.17. The molecule has 2 aliphatic rings. The minimum absolute atomic E-state index is 0.0144. The molecule has 8 heteroatoms. The van der Waals surface area contributed by atoms with E-state index >= 15 is 0 Å². The Kier molecular flexibility index (Phi) is 5.49. The van der Waals surface area contributed by atoms with Gasteiger partial charge >= 0.3 is 5.91 Å². The summed E-state index contributed by atoms with van der Waals surface area (Å²) in [6.45, 7) is 3.97. The number of thiazole rings is 1. The lowest BCUT2D eigenvalue weighted by atomic mass is 9.94. The number of anilines is 1. The van der Waals surface area contributed by atoms with Crippen LogP contribution in [0.3, 0.4) is 0 Å². The number of hydrogen-bond donors (Lipinski definition) is 1. The van der Waals surface area contributed by atoms with Gasteiger partial charge in [-0.3, -0.25) is 14.5 Å². The van der Waals surface area contributed by atoms with Gasteiger partial charge in [0.05, 0.1) is 28.9 Å². The quantitative estimate of drug-likeness (QED) is 0.219. The highest BCUT2D eigenvalue weighted by Gasteiger charge is 2.48. The van der Waals surface area contributed by atoms with Gasteiger partial charge in [-0.2, -0.15) is 0 Å². The highest BCUT2D eigenvalue weighted by Crippen LogP contribution is 2.45. The lowest BCUT2D eigenvalue weighted by Crippen LogP contribution is -2.29. The summed E-state index contributed by atoms with van der Waals surface area (Å²) in [5, 5.41) is 11.9. The standard InChI is InChI=1S/C29H24N2O5S/c1-15-7-9-21-23(11-15)37-29(30-21)31-25(17-5-4-6-20(14-17)35-3)24(27(33)28(31)34)26(32)18-8-10-22-19(13-18)12-16(2)36-22/h4-11,13-14,16,25,32H,12H2,1-3H3/t16-,25-/m1/s1. The molecule has 1 aromatic heterocycles. The second kappa shape index (κ2) is 8.74. The lowest BCUT2D eigenvalue weighted by molar-refractivity contribution is -0.132. The summed E-state index contributed by atoms with van der Waals surface area (Å²) in [5.74, 6) is -0.382. The van der Waals surface area contributed by atoms with Crippen LogP contribution in [-0.2, 0) is 16.0 Å². The van der Waals surface area contributed by atoms with Crippen LogP contribution in [0.2, 0.25) is 0 Å². The van der Waals surface area contributed by atoms with Crippen molar-refractivity contribution in [3.05, 3.63) is 88.5 Å². The fraction of sp³-hybridized carbons (Fsp3) is 0.207. The first-order chi connectivity index (χ1) is 17.8. The number of aliphatic hydroxyl groups excluding tert-OH is 1. The van der Waals surface area contributed by atoms with Gasteiger partial charge in [0.25, 0.3) is 5.78 Å². The number of fused-ring (bicyclic) bond motifs is 2. The van der Waals surface area contributed by atoms with Crippen LogP contribution >= 0.6 is 11.3 Å². The molecule has 3 heterocycles. The Balaban J connectivity index is 1.54. The Morgan fingerprint density at radius 2 is 1.97 bits per heavy atom. The molecule has 2 atom stereocenters. The SMILES string of the molecule is COc1cccc([C@@H]2C(=C(O)c3ccc4c(c3)C[C@@H](C)O4)C(=O)C(=O)N2c2nc3ccc(C)cc3s2)c1. The Bertz CT molecular complexity index is 1620. The minimum Gasteiger partial charge on any atom is -0.507 e. The first kappa shape index (κ1) is 23.2. The van der Waals surface area contributed by atoms with Gasteiger partial charge in [-0.15, -0.1) is 0 Å². The molecule has 0 spiro atoms. The number of methoxy groups -OCH3 is 1. The number of nitrogens with zero attached hydrogens (tertiary/aromatic N) is 2. The van der Waals surface area contributed by atoms with Crippen LogP contribution in [0.4, 0.5) is 5.13 Å². The molecule has 7 nitrogen and oxygen atoms in total. The molecule has 0 saturated carbocycles. The van der Waals surface area contributed by atoms with E-state index in [4.69, 9.17) is 9.47 Å². The van der Waals surface area contributed by atoms with Crippen molar-refractivity contribution in [1.82, 2.24) is 4.98 Å². The van der Waals surface area contributed by atoms with Crippen LogP contribution in [-0.4, -0.2) is 35.0 Å². The van der Waals surface area contributed by atoms with E-state index in [1.807, 2.05) is 44.2 Å². The van der Waals surface area contributed by atoms with E-state index in [-0.39, 0.29) is 17.4 Å². The third kappa shape index (κ3) is 3.84. The summed E-state index contributed by atoms with van der Waals surface area (Å²) in [4.78, 5) is 33.1. The summed E-state index contributed by atoms with van der Waals surface area (Å²) < 4.78 is 12.1. The summed E-state index contributed by atoms with van der Waals surface area (Å²) in [7, 11) is 1.56. The van der Waals surface area contributed by atoms with E-state index in [2.05, 4.69) is 4.98 Å². The fourth-order valence-electron chi connectivity index (χ4n) is 5.00. The fourth-order valence-corrected chi connectivity index (χ4v) is 6.09. The van der Waals surface area contributed by atoms with Gasteiger partial charge in [-0.05, 0) is 73.0 Å². The molecule has 186 valence electrons. The minimum atomic E-state index is -0.875. The number of hydrogen-bond acceptors (Lipinski definition) is 7. The number of aromatic nitrogens is 1. The average molecular weight is 513 g/mol. The van der Waals surface area contributed by atoms with Gasteiger partial charge in [-0.25, -0.2) is 4.98 Å². The Labute approximate surface area is 217 Å². The number of aryl methyl sites for hydroxylation is 1. The lowest BCUT2D eigenvalue weighted by Gasteiger charge is -2.23. The number of ether oxygens (including phenoxy) is 2. The van der Waals surface area contributed by atoms with Gasteiger partial charge in [0.15, 0.2) is 5.13 Å². The largest absolute Gasteiger partial charge is 0.507 e. The second-order valence-electron chi connectivity index (χ2n) is 9.37. The monoisotopic (exact) mass is 512 g/mol. The molecule has 2 aliphatic heterocycles. The van der Waals surface area contributed by atoms with Gasteiger partial charge in [0.2, 0.25) is 0 Å². The molecule has 1 amide bonds. The number of carbonyl (C=O) groups excluding carboxylic acids is 2. The predicted octanol–water partition coefficient (Wildman–Crippen LogP) is 5.56. The number of amides is 1. The first-order valence-electron chi connectivity index (χ1n) is 12.0. The van der Waals surface area contributed by atoms with Crippen LogP contribution in [0.25, 0.3) is 16.0 Å². The molecular weight excluding hydrogens is 488 g/mol. The van der Waals surface area contributed by atoms with Crippen molar-refractivity contribution in [3.63, 3.8) is 0 Å². The first-order valence-corrected chi connectivity index (χ1v) is 12.8.